The van der Waals surface area contributed by atoms with Crippen molar-refractivity contribution < 1.29 is 4.74 Å². The molecule has 0 spiro atoms. The van der Waals surface area contributed by atoms with Gasteiger partial charge in [-0.25, -0.2) is 0 Å². The first-order chi connectivity index (χ1) is 7.93. The van der Waals surface area contributed by atoms with Gasteiger partial charge in [-0.05, 0) is 31.7 Å². The first-order valence-electron chi connectivity index (χ1n) is 7.22. The summed E-state index contributed by atoms with van der Waals surface area (Å²) >= 11 is 0. The molecule has 0 amide bonds. The van der Waals surface area contributed by atoms with Gasteiger partial charge in [0.15, 0.2) is 0 Å². The van der Waals surface area contributed by atoms with Gasteiger partial charge in [0.05, 0.1) is 6.61 Å². The minimum Gasteiger partial charge on any atom is -0.380 e. The normalized spacial score (nSPS) is 17.1. The Morgan fingerprint density at radius 2 is 1.88 bits per heavy atom. The zero-order valence-corrected chi connectivity index (χ0v) is 11.0. The van der Waals surface area contributed by atoms with Gasteiger partial charge in [0, 0.05) is 13.2 Å². The molecule has 1 aliphatic rings. The predicted molar refractivity (Wildman–Crippen MR) is 69.8 cm³/mol. The number of ether oxygens (including phenoxy) is 1. The zero-order chi connectivity index (χ0) is 11.5. The van der Waals surface area contributed by atoms with Crippen LogP contribution in [0.15, 0.2) is 0 Å². The summed E-state index contributed by atoms with van der Waals surface area (Å²) in [6.07, 6.45) is 11.0. The van der Waals surface area contributed by atoms with E-state index in [2.05, 4.69) is 12.2 Å². The fourth-order valence-electron chi connectivity index (χ4n) is 2.40. The Balaban J connectivity index is 1.71. The highest BCUT2D eigenvalue weighted by atomic mass is 16.5. The van der Waals surface area contributed by atoms with E-state index in [0.29, 0.717) is 0 Å². The Bertz CT molecular complexity index is 144. The molecule has 1 fully saturated rings. The minimum atomic E-state index is 0.888. The zero-order valence-electron chi connectivity index (χ0n) is 11.0. The fourth-order valence-corrected chi connectivity index (χ4v) is 2.40. The highest BCUT2D eigenvalue weighted by molar-refractivity contribution is 4.69. The quantitative estimate of drug-likeness (QED) is 0.578. The molecule has 1 N–H and O–H groups in total. The van der Waals surface area contributed by atoms with Gasteiger partial charge in [-0.3, -0.25) is 0 Å². The molecule has 0 aliphatic heterocycles. The SMILES string of the molecule is CCCCCCOCCNCC1CCCC1. The topological polar surface area (TPSA) is 21.3 Å². The Kier molecular flexibility index (Phi) is 8.83. The fraction of sp³-hybridized carbons (Fsp3) is 1.00. The van der Waals surface area contributed by atoms with Crippen molar-refractivity contribution in [2.24, 2.45) is 5.92 Å². The molecule has 0 atom stereocenters. The summed E-state index contributed by atoms with van der Waals surface area (Å²) in [5.74, 6) is 0.949. The van der Waals surface area contributed by atoms with Crippen LogP contribution in [0, 0.1) is 5.92 Å². The van der Waals surface area contributed by atoms with Crippen molar-refractivity contribution in [2.45, 2.75) is 58.3 Å². The molecule has 1 saturated carbocycles. The van der Waals surface area contributed by atoms with Crippen molar-refractivity contribution in [1.29, 1.82) is 0 Å². The third-order valence-corrected chi connectivity index (χ3v) is 3.47. The molecule has 1 rings (SSSR count). The molecule has 16 heavy (non-hydrogen) atoms. The molecule has 0 radical (unpaired) electrons. The number of hydrogen-bond acceptors (Lipinski definition) is 2. The number of hydrogen-bond donors (Lipinski definition) is 1. The molecule has 1 aliphatic carbocycles. The first-order valence-corrected chi connectivity index (χ1v) is 7.22. The van der Waals surface area contributed by atoms with Gasteiger partial charge >= 0.3 is 0 Å². The molecule has 0 aromatic heterocycles. The summed E-state index contributed by atoms with van der Waals surface area (Å²) in [7, 11) is 0. The Labute approximate surface area is 101 Å². The number of rotatable bonds is 10. The van der Waals surface area contributed by atoms with Crippen molar-refractivity contribution >= 4 is 0 Å². The molecule has 0 aromatic carbocycles. The second-order valence-electron chi connectivity index (χ2n) is 5.03. The van der Waals surface area contributed by atoms with Crippen LogP contribution in [-0.4, -0.2) is 26.3 Å². The van der Waals surface area contributed by atoms with Crippen LogP contribution < -0.4 is 5.32 Å². The molecule has 0 unspecified atom stereocenters. The molecule has 2 nitrogen and oxygen atoms in total. The molecule has 0 bridgehead atoms. The predicted octanol–water partition coefficient (Wildman–Crippen LogP) is 3.36. The van der Waals surface area contributed by atoms with Crippen LogP contribution in [0.4, 0.5) is 0 Å². The average molecular weight is 227 g/mol. The summed E-state index contributed by atoms with van der Waals surface area (Å²) in [6.45, 7) is 6.32. The van der Waals surface area contributed by atoms with Gasteiger partial charge in [-0.1, -0.05) is 39.0 Å². The minimum absolute atomic E-state index is 0.888. The Hall–Kier alpha value is -0.0800. The third-order valence-electron chi connectivity index (χ3n) is 3.47. The lowest BCUT2D eigenvalue weighted by molar-refractivity contribution is 0.131. The van der Waals surface area contributed by atoms with Crippen LogP contribution in [0.2, 0.25) is 0 Å². The average Bonchev–Trinajstić information content (AvgIpc) is 2.80. The highest BCUT2D eigenvalue weighted by Crippen LogP contribution is 2.23. The Morgan fingerprint density at radius 3 is 2.62 bits per heavy atom. The maximum Gasteiger partial charge on any atom is 0.0590 e. The monoisotopic (exact) mass is 227 g/mol. The van der Waals surface area contributed by atoms with Crippen molar-refractivity contribution in [1.82, 2.24) is 5.32 Å². The summed E-state index contributed by atoms with van der Waals surface area (Å²) < 4.78 is 5.58. The van der Waals surface area contributed by atoms with E-state index in [-0.39, 0.29) is 0 Å². The summed E-state index contributed by atoms with van der Waals surface area (Å²) in [4.78, 5) is 0. The number of nitrogens with one attached hydrogen (secondary N) is 1. The van der Waals surface area contributed by atoms with Gasteiger partial charge in [0.1, 0.15) is 0 Å². The summed E-state index contributed by atoms with van der Waals surface area (Å²) in [6, 6.07) is 0. The van der Waals surface area contributed by atoms with Gasteiger partial charge in [-0.2, -0.15) is 0 Å². The van der Waals surface area contributed by atoms with Gasteiger partial charge < -0.3 is 10.1 Å². The second-order valence-corrected chi connectivity index (χ2v) is 5.03. The van der Waals surface area contributed by atoms with E-state index in [9.17, 15) is 0 Å². The molecule has 0 heterocycles. The van der Waals surface area contributed by atoms with Crippen LogP contribution in [0.1, 0.15) is 58.3 Å². The van der Waals surface area contributed by atoms with Gasteiger partial charge in [0.25, 0.3) is 0 Å². The largest absolute Gasteiger partial charge is 0.380 e. The van der Waals surface area contributed by atoms with Crippen LogP contribution in [0.3, 0.4) is 0 Å². The van der Waals surface area contributed by atoms with E-state index in [0.717, 1.165) is 25.7 Å². The summed E-state index contributed by atoms with van der Waals surface area (Å²) in [5, 5.41) is 3.50. The first kappa shape index (κ1) is 14.0. The van der Waals surface area contributed by atoms with Crippen molar-refractivity contribution in [3.8, 4) is 0 Å². The van der Waals surface area contributed by atoms with Crippen LogP contribution in [0.25, 0.3) is 0 Å². The maximum atomic E-state index is 5.58. The van der Waals surface area contributed by atoms with Crippen LogP contribution >= 0.6 is 0 Å². The lowest BCUT2D eigenvalue weighted by Crippen LogP contribution is -2.25. The van der Waals surface area contributed by atoms with E-state index in [1.807, 2.05) is 0 Å². The van der Waals surface area contributed by atoms with E-state index in [4.69, 9.17) is 4.74 Å². The van der Waals surface area contributed by atoms with Gasteiger partial charge in [0.2, 0.25) is 0 Å². The lowest BCUT2D eigenvalue weighted by atomic mass is 10.1. The van der Waals surface area contributed by atoms with E-state index < -0.39 is 0 Å². The number of unbranched alkanes of at least 4 members (excludes halogenated alkanes) is 3. The Morgan fingerprint density at radius 1 is 1.06 bits per heavy atom. The van der Waals surface area contributed by atoms with E-state index >= 15 is 0 Å². The maximum absolute atomic E-state index is 5.58. The standard InChI is InChI=1S/C14H29NO/c1-2-3-4-7-11-16-12-10-15-13-14-8-5-6-9-14/h14-15H,2-13H2,1H3. The molecule has 96 valence electrons. The molecule has 0 saturated heterocycles. The van der Waals surface area contributed by atoms with E-state index in [1.165, 1.54) is 57.9 Å². The van der Waals surface area contributed by atoms with Crippen molar-refractivity contribution in [2.75, 3.05) is 26.3 Å². The summed E-state index contributed by atoms with van der Waals surface area (Å²) in [5.41, 5.74) is 0. The van der Waals surface area contributed by atoms with Gasteiger partial charge in [-0.15, -0.1) is 0 Å². The smallest absolute Gasteiger partial charge is 0.0590 e. The second kappa shape index (κ2) is 10.1. The van der Waals surface area contributed by atoms with Crippen molar-refractivity contribution in [3.63, 3.8) is 0 Å². The molecular formula is C14H29NO. The molecular weight excluding hydrogens is 198 g/mol. The van der Waals surface area contributed by atoms with Crippen LogP contribution in [0.5, 0.6) is 0 Å². The lowest BCUT2D eigenvalue weighted by Gasteiger charge is -2.10. The highest BCUT2D eigenvalue weighted by Gasteiger charge is 2.13. The van der Waals surface area contributed by atoms with Crippen LogP contribution in [-0.2, 0) is 4.74 Å². The molecule has 2 heteroatoms. The molecule has 0 aromatic rings. The van der Waals surface area contributed by atoms with Crippen molar-refractivity contribution in [3.05, 3.63) is 0 Å². The third kappa shape index (κ3) is 7.24. The van der Waals surface area contributed by atoms with E-state index in [1.54, 1.807) is 0 Å².